The van der Waals surface area contributed by atoms with Crippen molar-refractivity contribution in [1.82, 2.24) is 9.97 Å². The molecule has 0 saturated carbocycles. The monoisotopic (exact) mass is 229 g/mol. The molecular weight excluding hydrogens is 218 g/mol. The van der Waals surface area contributed by atoms with Crippen molar-refractivity contribution >= 4 is 5.91 Å². The van der Waals surface area contributed by atoms with Crippen molar-refractivity contribution in [3.05, 3.63) is 52.2 Å². The number of hydrogen-bond acceptors (Lipinski definition) is 3. The van der Waals surface area contributed by atoms with Crippen LogP contribution in [0.3, 0.4) is 0 Å². The molecule has 0 atom stereocenters. The molecule has 0 aliphatic carbocycles. The van der Waals surface area contributed by atoms with E-state index in [1.54, 1.807) is 18.5 Å². The number of rotatable bonds is 2. The molecule has 0 bridgehead atoms. The Balaban J connectivity index is 2.62. The molecule has 0 saturated heterocycles. The minimum Gasteiger partial charge on any atom is -0.365 e. The standard InChI is InChI=1S/C12H11N3O2/c1-7-9(3-2-4-14-7)8-5-10(11(13)16)12(17)15-6-8/h2-6H,1H3,(H2,13,16)(H,15,17). The van der Waals surface area contributed by atoms with Crippen molar-refractivity contribution in [1.29, 1.82) is 0 Å². The number of carbonyl (C=O) groups is 1. The minimum atomic E-state index is -0.741. The number of aromatic amines is 1. The number of H-pyrrole nitrogens is 1. The van der Waals surface area contributed by atoms with Gasteiger partial charge in [-0.1, -0.05) is 6.07 Å². The van der Waals surface area contributed by atoms with Crippen LogP contribution in [0.2, 0.25) is 0 Å². The third-order valence-electron chi connectivity index (χ3n) is 2.49. The Hall–Kier alpha value is -2.43. The number of carbonyl (C=O) groups excluding carboxylic acids is 1. The van der Waals surface area contributed by atoms with Crippen molar-refractivity contribution in [2.75, 3.05) is 0 Å². The summed E-state index contributed by atoms with van der Waals surface area (Å²) in [6, 6.07) is 5.13. The Labute approximate surface area is 97.3 Å². The molecule has 5 heteroatoms. The molecular formula is C12H11N3O2. The summed E-state index contributed by atoms with van der Waals surface area (Å²) in [6.45, 7) is 1.85. The van der Waals surface area contributed by atoms with Gasteiger partial charge in [0, 0.05) is 29.2 Å². The van der Waals surface area contributed by atoms with E-state index in [2.05, 4.69) is 9.97 Å². The first-order valence-electron chi connectivity index (χ1n) is 5.04. The fourth-order valence-electron chi connectivity index (χ4n) is 1.61. The van der Waals surface area contributed by atoms with Gasteiger partial charge in [-0.15, -0.1) is 0 Å². The molecule has 5 nitrogen and oxygen atoms in total. The maximum Gasteiger partial charge on any atom is 0.260 e. The zero-order chi connectivity index (χ0) is 12.4. The number of nitrogens with zero attached hydrogens (tertiary/aromatic N) is 1. The van der Waals surface area contributed by atoms with Gasteiger partial charge in [0.25, 0.3) is 11.5 Å². The summed E-state index contributed by atoms with van der Waals surface area (Å²) in [6.07, 6.45) is 3.22. The van der Waals surface area contributed by atoms with Crippen LogP contribution in [0.25, 0.3) is 11.1 Å². The summed E-state index contributed by atoms with van der Waals surface area (Å²) >= 11 is 0. The van der Waals surface area contributed by atoms with E-state index in [-0.39, 0.29) is 5.56 Å². The smallest absolute Gasteiger partial charge is 0.260 e. The molecule has 0 unspecified atom stereocenters. The lowest BCUT2D eigenvalue weighted by Gasteiger charge is -2.05. The molecule has 2 aromatic rings. The maximum atomic E-state index is 11.4. The SMILES string of the molecule is Cc1ncccc1-c1c[nH]c(=O)c(C(N)=O)c1. The van der Waals surface area contributed by atoms with Crippen LogP contribution in [-0.2, 0) is 0 Å². The number of nitrogens with one attached hydrogen (secondary N) is 1. The Kier molecular flexibility index (Phi) is 2.74. The Morgan fingerprint density at radius 3 is 2.88 bits per heavy atom. The molecule has 2 aromatic heterocycles. The molecule has 2 rings (SSSR count). The third-order valence-corrected chi connectivity index (χ3v) is 2.49. The highest BCUT2D eigenvalue weighted by molar-refractivity contribution is 5.93. The third kappa shape index (κ3) is 2.08. The van der Waals surface area contributed by atoms with Crippen LogP contribution in [0, 0.1) is 6.92 Å². The van der Waals surface area contributed by atoms with Crippen LogP contribution in [0.1, 0.15) is 16.1 Å². The van der Waals surface area contributed by atoms with E-state index in [1.807, 2.05) is 13.0 Å². The summed E-state index contributed by atoms with van der Waals surface area (Å²) in [4.78, 5) is 29.1. The van der Waals surface area contributed by atoms with Crippen LogP contribution in [0.15, 0.2) is 35.4 Å². The largest absolute Gasteiger partial charge is 0.365 e. The average Bonchev–Trinajstić information content (AvgIpc) is 2.30. The average molecular weight is 229 g/mol. The molecule has 0 radical (unpaired) electrons. The van der Waals surface area contributed by atoms with Gasteiger partial charge in [-0.3, -0.25) is 14.6 Å². The van der Waals surface area contributed by atoms with Gasteiger partial charge in [0.2, 0.25) is 0 Å². The first-order valence-corrected chi connectivity index (χ1v) is 5.04. The summed E-state index contributed by atoms with van der Waals surface area (Å²) in [5, 5.41) is 0. The van der Waals surface area contributed by atoms with Crippen LogP contribution >= 0.6 is 0 Å². The van der Waals surface area contributed by atoms with Gasteiger partial charge in [-0.25, -0.2) is 0 Å². The summed E-state index contributed by atoms with van der Waals surface area (Å²) in [7, 11) is 0. The minimum absolute atomic E-state index is 0.0502. The maximum absolute atomic E-state index is 11.4. The Bertz CT molecular complexity index is 632. The van der Waals surface area contributed by atoms with E-state index in [0.717, 1.165) is 11.3 Å². The second kappa shape index (κ2) is 4.21. The lowest BCUT2D eigenvalue weighted by atomic mass is 10.0. The Morgan fingerprint density at radius 1 is 1.47 bits per heavy atom. The quantitative estimate of drug-likeness (QED) is 0.799. The van der Waals surface area contributed by atoms with Crippen molar-refractivity contribution in [2.24, 2.45) is 5.73 Å². The fourth-order valence-corrected chi connectivity index (χ4v) is 1.61. The number of aromatic nitrogens is 2. The summed E-state index contributed by atoms with van der Waals surface area (Å²) < 4.78 is 0. The van der Waals surface area contributed by atoms with Crippen LogP contribution in [0.5, 0.6) is 0 Å². The van der Waals surface area contributed by atoms with E-state index in [4.69, 9.17) is 5.73 Å². The van der Waals surface area contributed by atoms with E-state index in [1.165, 1.54) is 6.07 Å². The van der Waals surface area contributed by atoms with E-state index in [9.17, 15) is 9.59 Å². The zero-order valence-electron chi connectivity index (χ0n) is 9.23. The topological polar surface area (TPSA) is 88.8 Å². The van der Waals surface area contributed by atoms with Gasteiger partial charge in [0.1, 0.15) is 5.56 Å². The van der Waals surface area contributed by atoms with Gasteiger partial charge in [-0.05, 0) is 19.1 Å². The predicted molar refractivity (Wildman–Crippen MR) is 63.5 cm³/mol. The Morgan fingerprint density at radius 2 is 2.24 bits per heavy atom. The van der Waals surface area contributed by atoms with Crippen molar-refractivity contribution in [3.63, 3.8) is 0 Å². The normalized spacial score (nSPS) is 10.2. The second-order valence-corrected chi connectivity index (χ2v) is 3.63. The van der Waals surface area contributed by atoms with Crippen LogP contribution in [0.4, 0.5) is 0 Å². The van der Waals surface area contributed by atoms with Crippen LogP contribution < -0.4 is 11.3 Å². The zero-order valence-corrected chi connectivity index (χ0v) is 9.23. The molecule has 0 fully saturated rings. The van der Waals surface area contributed by atoms with Crippen LogP contribution in [-0.4, -0.2) is 15.9 Å². The number of pyridine rings is 2. The highest BCUT2D eigenvalue weighted by atomic mass is 16.2. The predicted octanol–water partition coefficient (Wildman–Crippen LogP) is 0.844. The van der Waals surface area contributed by atoms with Gasteiger partial charge in [0.15, 0.2) is 0 Å². The van der Waals surface area contributed by atoms with Crippen molar-refractivity contribution in [2.45, 2.75) is 6.92 Å². The van der Waals surface area contributed by atoms with Gasteiger partial charge >= 0.3 is 0 Å². The number of aryl methyl sites for hydroxylation is 1. The molecule has 17 heavy (non-hydrogen) atoms. The highest BCUT2D eigenvalue weighted by Crippen LogP contribution is 2.20. The highest BCUT2D eigenvalue weighted by Gasteiger charge is 2.09. The fraction of sp³-hybridized carbons (Fsp3) is 0.0833. The van der Waals surface area contributed by atoms with E-state index >= 15 is 0 Å². The van der Waals surface area contributed by atoms with Crippen molar-refractivity contribution < 1.29 is 4.79 Å². The molecule has 2 heterocycles. The van der Waals surface area contributed by atoms with Gasteiger partial charge < -0.3 is 10.7 Å². The van der Waals surface area contributed by atoms with E-state index < -0.39 is 11.5 Å². The van der Waals surface area contributed by atoms with Crippen molar-refractivity contribution in [3.8, 4) is 11.1 Å². The van der Waals surface area contributed by atoms with Gasteiger partial charge in [-0.2, -0.15) is 0 Å². The molecule has 0 aliphatic rings. The first-order chi connectivity index (χ1) is 8.09. The molecule has 1 amide bonds. The number of primary amides is 1. The summed E-state index contributed by atoms with van der Waals surface area (Å²) in [5.74, 6) is -0.741. The van der Waals surface area contributed by atoms with Gasteiger partial charge in [0.05, 0.1) is 0 Å². The number of amides is 1. The molecule has 0 aliphatic heterocycles. The lowest BCUT2D eigenvalue weighted by molar-refractivity contribution is 0.0999. The molecule has 3 N–H and O–H groups in total. The lowest BCUT2D eigenvalue weighted by Crippen LogP contribution is -2.23. The number of hydrogen-bond donors (Lipinski definition) is 2. The number of nitrogens with two attached hydrogens (primary N) is 1. The second-order valence-electron chi connectivity index (χ2n) is 3.63. The molecule has 86 valence electrons. The summed E-state index contributed by atoms with van der Waals surface area (Å²) in [5.41, 5.74) is 6.97. The first kappa shape index (κ1) is 11.1. The molecule has 0 spiro atoms. The van der Waals surface area contributed by atoms with E-state index in [0.29, 0.717) is 5.56 Å². The molecule has 0 aromatic carbocycles.